The highest BCUT2D eigenvalue weighted by atomic mass is 19.1. The van der Waals surface area contributed by atoms with Gasteiger partial charge in [0.1, 0.15) is 17.3 Å². The number of amides is 1. The Balaban J connectivity index is 1.43. The van der Waals surface area contributed by atoms with E-state index in [0.717, 1.165) is 50.0 Å². The van der Waals surface area contributed by atoms with Gasteiger partial charge in [-0.2, -0.15) is 0 Å². The predicted octanol–water partition coefficient (Wildman–Crippen LogP) is 5.07. The van der Waals surface area contributed by atoms with Gasteiger partial charge in [0, 0.05) is 43.5 Å². The van der Waals surface area contributed by atoms with Crippen LogP contribution in [0.2, 0.25) is 0 Å². The number of imidazole rings is 1. The van der Waals surface area contributed by atoms with Crippen LogP contribution >= 0.6 is 0 Å². The molecule has 172 valence electrons. The lowest BCUT2D eigenvalue weighted by Gasteiger charge is -2.41. The van der Waals surface area contributed by atoms with Crippen LogP contribution in [-0.2, 0) is 13.0 Å². The lowest BCUT2D eigenvalue weighted by Crippen LogP contribution is -2.54. The van der Waals surface area contributed by atoms with Gasteiger partial charge in [0.25, 0.3) is 5.91 Å². The zero-order chi connectivity index (χ0) is 22.9. The van der Waals surface area contributed by atoms with Gasteiger partial charge in [-0.1, -0.05) is 30.7 Å². The smallest absolute Gasteiger partial charge is 0.274 e. The molecule has 0 bridgehead atoms. The number of benzene rings is 2. The van der Waals surface area contributed by atoms with E-state index in [-0.39, 0.29) is 17.8 Å². The second-order valence-electron chi connectivity index (χ2n) is 9.34. The Labute approximate surface area is 194 Å². The van der Waals surface area contributed by atoms with Crippen molar-refractivity contribution in [3.8, 4) is 11.4 Å². The van der Waals surface area contributed by atoms with Crippen LogP contribution in [0.25, 0.3) is 11.4 Å². The van der Waals surface area contributed by atoms with E-state index >= 15 is 0 Å². The zero-order valence-corrected chi connectivity index (χ0v) is 19.4. The van der Waals surface area contributed by atoms with Crippen LogP contribution in [0.3, 0.4) is 0 Å². The number of nitrogens with zero attached hydrogens (tertiary/aromatic N) is 4. The average Bonchev–Trinajstić information content (AvgIpc) is 2.99. The van der Waals surface area contributed by atoms with Crippen LogP contribution in [0, 0.1) is 12.7 Å². The van der Waals surface area contributed by atoms with Crippen LogP contribution in [0.1, 0.15) is 47.9 Å². The molecule has 0 aliphatic carbocycles. The monoisotopic (exact) mass is 446 g/mol. The number of halogens is 1. The third-order valence-corrected chi connectivity index (χ3v) is 6.90. The molecule has 5 rings (SSSR count). The first-order valence-corrected chi connectivity index (χ1v) is 12.0. The number of carbonyl (C=O) groups is 1. The number of aryl methyl sites for hydroxylation is 1. The van der Waals surface area contributed by atoms with Crippen molar-refractivity contribution in [1.29, 1.82) is 0 Å². The van der Waals surface area contributed by atoms with Gasteiger partial charge in [-0.05, 0) is 62.9 Å². The van der Waals surface area contributed by atoms with Gasteiger partial charge in [0.05, 0.1) is 5.69 Å². The molecule has 1 atom stereocenters. The Kier molecular flexibility index (Phi) is 5.92. The number of hydrogen-bond donors (Lipinski definition) is 0. The van der Waals surface area contributed by atoms with E-state index in [9.17, 15) is 9.18 Å². The Hall–Kier alpha value is -3.15. The minimum absolute atomic E-state index is 0.000884. The van der Waals surface area contributed by atoms with Gasteiger partial charge < -0.3 is 14.4 Å². The molecular formula is C27H31FN4O. The van der Waals surface area contributed by atoms with Gasteiger partial charge in [0.15, 0.2) is 0 Å². The fourth-order valence-electron chi connectivity index (χ4n) is 5.22. The first-order valence-electron chi connectivity index (χ1n) is 12.0. The molecule has 0 radical (unpaired) electrons. The summed E-state index contributed by atoms with van der Waals surface area (Å²) < 4.78 is 16.1. The molecule has 3 aromatic rings. The van der Waals surface area contributed by atoms with E-state index in [0.29, 0.717) is 24.6 Å². The maximum absolute atomic E-state index is 13.9. The highest BCUT2D eigenvalue weighted by Crippen LogP contribution is 2.29. The molecule has 6 heteroatoms. The third kappa shape index (κ3) is 4.26. The SMILES string of the molecule is Cc1cccc(N2CCN(C(=O)c3nc(-c4cccc(F)c4)n4c3CCCCC4)C[C@@H]2C)c1. The first-order chi connectivity index (χ1) is 16.0. The highest BCUT2D eigenvalue weighted by molar-refractivity contribution is 5.94. The van der Waals surface area contributed by atoms with Gasteiger partial charge >= 0.3 is 0 Å². The lowest BCUT2D eigenvalue weighted by atomic mass is 10.1. The first kappa shape index (κ1) is 21.7. The number of carbonyl (C=O) groups excluding carboxylic acids is 1. The Morgan fingerprint density at radius 1 is 1.03 bits per heavy atom. The molecule has 1 saturated heterocycles. The maximum Gasteiger partial charge on any atom is 0.274 e. The Morgan fingerprint density at radius 3 is 2.67 bits per heavy atom. The number of piperazine rings is 1. The van der Waals surface area contributed by atoms with Crippen molar-refractivity contribution in [2.24, 2.45) is 0 Å². The molecule has 0 saturated carbocycles. The van der Waals surface area contributed by atoms with Crippen LogP contribution in [0.15, 0.2) is 48.5 Å². The second-order valence-corrected chi connectivity index (χ2v) is 9.34. The number of hydrogen-bond acceptors (Lipinski definition) is 3. The van der Waals surface area contributed by atoms with Crippen molar-refractivity contribution in [1.82, 2.24) is 14.5 Å². The van der Waals surface area contributed by atoms with Gasteiger partial charge in [0.2, 0.25) is 0 Å². The summed E-state index contributed by atoms with van der Waals surface area (Å²) in [4.78, 5) is 22.8. The van der Waals surface area contributed by atoms with Crippen LogP contribution in [0.4, 0.5) is 10.1 Å². The minimum Gasteiger partial charge on any atom is -0.365 e. The van der Waals surface area contributed by atoms with E-state index in [1.165, 1.54) is 23.4 Å². The van der Waals surface area contributed by atoms with Crippen LogP contribution < -0.4 is 4.90 Å². The summed E-state index contributed by atoms with van der Waals surface area (Å²) in [6, 6.07) is 15.3. The summed E-state index contributed by atoms with van der Waals surface area (Å²) >= 11 is 0. The molecule has 1 aromatic heterocycles. The van der Waals surface area contributed by atoms with Gasteiger partial charge in [-0.25, -0.2) is 9.37 Å². The highest BCUT2D eigenvalue weighted by Gasteiger charge is 2.32. The number of rotatable bonds is 3. The Bertz CT molecular complexity index is 1170. The summed E-state index contributed by atoms with van der Waals surface area (Å²) in [5, 5.41) is 0. The van der Waals surface area contributed by atoms with Crippen LogP contribution in [-0.4, -0.2) is 46.0 Å². The molecule has 33 heavy (non-hydrogen) atoms. The average molecular weight is 447 g/mol. The van der Waals surface area contributed by atoms with Crippen molar-refractivity contribution >= 4 is 11.6 Å². The van der Waals surface area contributed by atoms with Gasteiger partial charge in [-0.15, -0.1) is 0 Å². The van der Waals surface area contributed by atoms with E-state index in [2.05, 4.69) is 47.6 Å². The number of fused-ring (bicyclic) bond motifs is 1. The number of anilines is 1. The van der Waals surface area contributed by atoms with Crippen molar-refractivity contribution < 1.29 is 9.18 Å². The molecule has 5 nitrogen and oxygen atoms in total. The lowest BCUT2D eigenvalue weighted by molar-refractivity contribution is 0.0719. The molecule has 2 aromatic carbocycles. The standard InChI is InChI=1S/C27H31FN4O/c1-19-8-6-11-23(16-19)31-15-14-30(18-20(31)2)27(33)25-24-12-4-3-5-13-32(24)26(29-25)21-9-7-10-22(28)17-21/h6-11,16-17,20H,3-5,12-15,18H2,1-2H3/t20-/m0/s1. The Morgan fingerprint density at radius 2 is 1.88 bits per heavy atom. The van der Waals surface area contributed by atoms with E-state index in [1.807, 2.05) is 11.0 Å². The quantitative estimate of drug-likeness (QED) is 0.564. The summed E-state index contributed by atoms with van der Waals surface area (Å²) in [5.41, 5.74) is 4.73. The summed E-state index contributed by atoms with van der Waals surface area (Å²) in [6.45, 7) is 7.22. The van der Waals surface area contributed by atoms with Crippen molar-refractivity contribution in [3.63, 3.8) is 0 Å². The molecule has 1 fully saturated rings. The molecule has 0 unspecified atom stereocenters. The zero-order valence-electron chi connectivity index (χ0n) is 19.4. The third-order valence-electron chi connectivity index (χ3n) is 6.90. The van der Waals surface area contributed by atoms with Crippen molar-refractivity contribution in [2.45, 2.75) is 52.1 Å². The van der Waals surface area contributed by atoms with E-state index in [4.69, 9.17) is 4.98 Å². The van der Waals surface area contributed by atoms with Crippen molar-refractivity contribution in [3.05, 3.63) is 71.3 Å². The van der Waals surface area contributed by atoms with E-state index < -0.39 is 0 Å². The molecule has 1 amide bonds. The molecule has 2 aliphatic rings. The fourth-order valence-corrected chi connectivity index (χ4v) is 5.22. The normalized spacial score (nSPS) is 18.7. The molecule has 0 spiro atoms. The fraction of sp³-hybridized carbons (Fsp3) is 0.407. The molecule has 3 heterocycles. The summed E-state index contributed by atoms with van der Waals surface area (Å²) in [6.07, 6.45) is 4.06. The van der Waals surface area contributed by atoms with Crippen LogP contribution in [0.5, 0.6) is 0 Å². The van der Waals surface area contributed by atoms with Gasteiger partial charge in [-0.3, -0.25) is 4.79 Å². The molecular weight excluding hydrogens is 415 g/mol. The number of aromatic nitrogens is 2. The predicted molar refractivity (Wildman–Crippen MR) is 129 cm³/mol. The molecule has 0 N–H and O–H groups in total. The van der Waals surface area contributed by atoms with Crippen molar-refractivity contribution in [2.75, 3.05) is 24.5 Å². The largest absolute Gasteiger partial charge is 0.365 e. The molecule has 2 aliphatic heterocycles. The van der Waals surface area contributed by atoms with E-state index in [1.54, 1.807) is 6.07 Å². The second kappa shape index (κ2) is 9.00. The minimum atomic E-state index is -0.285. The maximum atomic E-state index is 13.9. The summed E-state index contributed by atoms with van der Waals surface area (Å²) in [7, 11) is 0. The summed E-state index contributed by atoms with van der Waals surface area (Å²) in [5.74, 6) is 0.424. The topological polar surface area (TPSA) is 41.4 Å².